The molecular formula is C19H21N3O3. The van der Waals surface area contributed by atoms with Crippen molar-refractivity contribution < 1.29 is 14.3 Å². The molecule has 1 aliphatic rings. The molecule has 1 aliphatic heterocycles. The van der Waals surface area contributed by atoms with Crippen molar-refractivity contribution in [2.24, 2.45) is 4.99 Å². The topological polar surface area (TPSA) is 74.8 Å². The maximum absolute atomic E-state index is 12.6. The van der Waals surface area contributed by atoms with E-state index in [-0.39, 0.29) is 12.5 Å². The molecule has 0 unspecified atom stereocenters. The highest BCUT2D eigenvalue weighted by molar-refractivity contribution is 6.15. The molecule has 0 saturated carbocycles. The predicted octanol–water partition coefficient (Wildman–Crippen LogP) is 3.11. The fraction of sp³-hybridized carbons (Fsp3) is 0.316. The Balaban J connectivity index is 1.81. The van der Waals surface area contributed by atoms with Gasteiger partial charge >= 0.3 is 5.97 Å². The molecule has 1 aromatic heterocycles. The predicted molar refractivity (Wildman–Crippen MR) is 96.9 cm³/mol. The Bertz CT molecular complexity index is 900. The van der Waals surface area contributed by atoms with Crippen LogP contribution in [0, 0.1) is 0 Å². The molecule has 1 N–H and O–H groups in total. The Labute approximate surface area is 146 Å². The van der Waals surface area contributed by atoms with Crippen LogP contribution < -0.4 is 0 Å². The molecule has 2 aromatic rings. The summed E-state index contributed by atoms with van der Waals surface area (Å²) < 4.78 is 5.28. The molecule has 25 heavy (non-hydrogen) atoms. The highest BCUT2D eigenvalue weighted by Crippen LogP contribution is 2.24. The number of rotatable bonds is 3. The number of hydrogen-bond donors (Lipinski definition) is 1. The van der Waals surface area contributed by atoms with E-state index in [0.717, 1.165) is 16.5 Å². The number of benzene rings is 1. The standard InChI is InChI=1S/C19H21N3O3/c1-12-21-16(9-13-10-20-15-8-6-5-7-14(13)15)18(24)22(12)11-17(23)25-19(2,3)4/h5-10,20H,11H2,1-4H3/b16-9-. The van der Waals surface area contributed by atoms with Crippen LogP contribution in [0.25, 0.3) is 17.0 Å². The van der Waals surface area contributed by atoms with Crippen LogP contribution in [0.2, 0.25) is 0 Å². The minimum absolute atomic E-state index is 0.142. The summed E-state index contributed by atoms with van der Waals surface area (Å²) in [4.78, 5) is 33.4. The first-order chi connectivity index (χ1) is 11.7. The summed E-state index contributed by atoms with van der Waals surface area (Å²) in [7, 11) is 0. The zero-order valence-corrected chi connectivity index (χ0v) is 14.8. The molecule has 0 radical (unpaired) electrons. The quantitative estimate of drug-likeness (QED) is 0.690. The number of aromatic nitrogens is 1. The Kier molecular flexibility index (Phi) is 4.20. The number of ether oxygens (including phenoxy) is 1. The van der Waals surface area contributed by atoms with Gasteiger partial charge in [0.05, 0.1) is 0 Å². The molecule has 0 fully saturated rings. The van der Waals surface area contributed by atoms with Crippen molar-refractivity contribution in [2.75, 3.05) is 6.54 Å². The van der Waals surface area contributed by atoms with Gasteiger partial charge in [0.2, 0.25) is 0 Å². The van der Waals surface area contributed by atoms with Gasteiger partial charge in [-0.3, -0.25) is 14.5 Å². The maximum atomic E-state index is 12.6. The number of fused-ring (bicyclic) bond motifs is 1. The molecule has 130 valence electrons. The number of carbonyl (C=O) groups excluding carboxylic acids is 2. The third-order valence-corrected chi connectivity index (χ3v) is 3.76. The third-order valence-electron chi connectivity index (χ3n) is 3.76. The van der Waals surface area contributed by atoms with Gasteiger partial charge in [-0.25, -0.2) is 4.99 Å². The summed E-state index contributed by atoms with van der Waals surface area (Å²) in [5.41, 5.74) is 1.60. The minimum Gasteiger partial charge on any atom is -0.459 e. The van der Waals surface area contributed by atoms with Gasteiger partial charge in [-0.2, -0.15) is 0 Å². The molecular weight excluding hydrogens is 318 g/mol. The number of hydrogen-bond acceptors (Lipinski definition) is 4. The fourth-order valence-electron chi connectivity index (χ4n) is 2.71. The SMILES string of the molecule is CC1=N/C(=C\c2c[nH]c3ccccc23)C(=O)N1CC(=O)OC(C)(C)C. The van der Waals surface area contributed by atoms with Gasteiger partial charge < -0.3 is 9.72 Å². The first-order valence-corrected chi connectivity index (χ1v) is 8.11. The lowest BCUT2D eigenvalue weighted by atomic mass is 10.1. The summed E-state index contributed by atoms with van der Waals surface area (Å²) in [5.74, 6) is -0.265. The van der Waals surface area contributed by atoms with Crippen LogP contribution >= 0.6 is 0 Å². The second-order valence-corrected chi connectivity index (χ2v) is 6.96. The van der Waals surface area contributed by atoms with Crippen LogP contribution in [-0.2, 0) is 14.3 Å². The van der Waals surface area contributed by atoms with E-state index >= 15 is 0 Å². The minimum atomic E-state index is -0.590. The molecule has 6 nitrogen and oxygen atoms in total. The van der Waals surface area contributed by atoms with Gasteiger partial charge in [0.25, 0.3) is 5.91 Å². The second-order valence-electron chi connectivity index (χ2n) is 6.96. The average molecular weight is 339 g/mol. The first kappa shape index (κ1) is 17.0. The molecule has 0 bridgehead atoms. The summed E-state index contributed by atoms with van der Waals surface area (Å²) in [6.07, 6.45) is 3.58. The van der Waals surface area contributed by atoms with Gasteiger partial charge in [-0.1, -0.05) is 18.2 Å². The van der Waals surface area contributed by atoms with Crippen LogP contribution in [-0.4, -0.2) is 39.7 Å². The summed E-state index contributed by atoms with van der Waals surface area (Å²) >= 11 is 0. The van der Waals surface area contributed by atoms with E-state index in [4.69, 9.17) is 4.74 Å². The number of para-hydroxylation sites is 1. The first-order valence-electron chi connectivity index (χ1n) is 8.11. The van der Waals surface area contributed by atoms with E-state index in [9.17, 15) is 9.59 Å². The number of nitrogens with zero attached hydrogens (tertiary/aromatic N) is 2. The monoisotopic (exact) mass is 339 g/mol. The largest absolute Gasteiger partial charge is 0.459 e. The number of aliphatic imine (C=N–C) groups is 1. The summed E-state index contributed by atoms with van der Waals surface area (Å²) in [6.45, 7) is 6.94. The fourth-order valence-corrected chi connectivity index (χ4v) is 2.71. The Hall–Kier alpha value is -2.89. The molecule has 0 spiro atoms. The average Bonchev–Trinajstić information content (AvgIpc) is 3.03. The zero-order valence-electron chi connectivity index (χ0n) is 14.8. The highest BCUT2D eigenvalue weighted by atomic mass is 16.6. The number of amides is 1. The normalized spacial score (nSPS) is 16.6. The van der Waals surface area contributed by atoms with E-state index in [1.54, 1.807) is 33.8 Å². The summed E-state index contributed by atoms with van der Waals surface area (Å²) in [6, 6.07) is 7.84. The zero-order chi connectivity index (χ0) is 18.2. The lowest BCUT2D eigenvalue weighted by molar-refractivity contribution is -0.156. The van der Waals surface area contributed by atoms with Gasteiger partial charge in [-0.05, 0) is 39.8 Å². The van der Waals surface area contributed by atoms with Crippen molar-refractivity contribution >= 4 is 34.7 Å². The molecule has 2 heterocycles. The van der Waals surface area contributed by atoms with E-state index < -0.39 is 11.6 Å². The van der Waals surface area contributed by atoms with Gasteiger partial charge in [0.15, 0.2) is 0 Å². The molecule has 3 rings (SSSR count). The number of esters is 1. The Morgan fingerprint density at radius 1 is 1.32 bits per heavy atom. The number of H-pyrrole nitrogens is 1. The van der Waals surface area contributed by atoms with E-state index in [1.807, 2.05) is 30.5 Å². The van der Waals surface area contributed by atoms with Crippen molar-refractivity contribution in [1.82, 2.24) is 9.88 Å². The second kappa shape index (κ2) is 6.20. The van der Waals surface area contributed by atoms with E-state index in [2.05, 4.69) is 9.98 Å². The number of nitrogens with one attached hydrogen (secondary N) is 1. The van der Waals surface area contributed by atoms with Crippen LogP contribution in [0.4, 0.5) is 0 Å². The summed E-state index contributed by atoms with van der Waals surface area (Å²) in [5, 5.41) is 1.02. The molecule has 6 heteroatoms. The number of aromatic amines is 1. The van der Waals surface area contributed by atoms with Crippen molar-refractivity contribution in [3.63, 3.8) is 0 Å². The lowest BCUT2D eigenvalue weighted by Gasteiger charge is -2.22. The molecule has 1 amide bonds. The Morgan fingerprint density at radius 3 is 2.76 bits per heavy atom. The lowest BCUT2D eigenvalue weighted by Crippen LogP contribution is -2.38. The van der Waals surface area contributed by atoms with Gasteiger partial charge in [0.1, 0.15) is 23.7 Å². The van der Waals surface area contributed by atoms with E-state index in [1.165, 1.54) is 4.90 Å². The van der Waals surface area contributed by atoms with Crippen molar-refractivity contribution in [1.29, 1.82) is 0 Å². The van der Waals surface area contributed by atoms with Crippen LogP contribution in [0.15, 0.2) is 41.2 Å². The molecule has 0 saturated heterocycles. The Morgan fingerprint density at radius 2 is 2.04 bits per heavy atom. The maximum Gasteiger partial charge on any atom is 0.326 e. The number of carbonyl (C=O) groups is 2. The highest BCUT2D eigenvalue weighted by Gasteiger charge is 2.31. The number of amidine groups is 1. The molecule has 1 aromatic carbocycles. The van der Waals surface area contributed by atoms with Gasteiger partial charge in [-0.15, -0.1) is 0 Å². The van der Waals surface area contributed by atoms with Crippen LogP contribution in [0.3, 0.4) is 0 Å². The van der Waals surface area contributed by atoms with Crippen LogP contribution in [0.1, 0.15) is 33.3 Å². The van der Waals surface area contributed by atoms with Gasteiger partial charge in [0, 0.05) is 22.7 Å². The van der Waals surface area contributed by atoms with Crippen molar-refractivity contribution in [3.8, 4) is 0 Å². The van der Waals surface area contributed by atoms with Crippen molar-refractivity contribution in [3.05, 3.63) is 41.7 Å². The van der Waals surface area contributed by atoms with Crippen molar-refractivity contribution in [2.45, 2.75) is 33.3 Å². The van der Waals surface area contributed by atoms with Crippen LogP contribution in [0.5, 0.6) is 0 Å². The third kappa shape index (κ3) is 3.63. The molecule has 0 atom stereocenters. The molecule has 0 aliphatic carbocycles. The smallest absolute Gasteiger partial charge is 0.326 e. The van der Waals surface area contributed by atoms with E-state index in [0.29, 0.717) is 11.5 Å².